The van der Waals surface area contributed by atoms with Gasteiger partial charge in [-0.25, -0.2) is 9.97 Å². The van der Waals surface area contributed by atoms with E-state index in [1.165, 1.54) is 19.3 Å². The van der Waals surface area contributed by atoms with E-state index in [2.05, 4.69) is 33.8 Å². The summed E-state index contributed by atoms with van der Waals surface area (Å²) in [4.78, 5) is 14.1. The fourth-order valence-electron chi connectivity index (χ4n) is 4.10. The van der Waals surface area contributed by atoms with E-state index in [9.17, 15) is 4.55 Å². The van der Waals surface area contributed by atoms with Gasteiger partial charge < -0.3 is 14.4 Å². The third-order valence-electron chi connectivity index (χ3n) is 5.92. The first-order valence-electron chi connectivity index (χ1n) is 8.90. The predicted molar refractivity (Wildman–Crippen MR) is 98.6 cm³/mol. The summed E-state index contributed by atoms with van der Waals surface area (Å²) in [6.07, 6.45) is 9.60. The Morgan fingerprint density at radius 3 is 2.88 bits per heavy atom. The van der Waals surface area contributed by atoms with Crippen LogP contribution in [0.4, 0.5) is 5.82 Å². The van der Waals surface area contributed by atoms with Gasteiger partial charge in [0, 0.05) is 30.6 Å². The molecule has 24 heavy (non-hydrogen) atoms. The molecule has 0 saturated heterocycles. The van der Waals surface area contributed by atoms with E-state index in [4.69, 9.17) is 0 Å². The van der Waals surface area contributed by atoms with Gasteiger partial charge in [0.25, 0.3) is 0 Å². The van der Waals surface area contributed by atoms with Crippen LogP contribution >= 0.6 is 0 Å². The van der Waals surface area contributed by atoms with Gasteiger partial charge in [0.2, 0.25) is 0 Å². The van der Waals surface area contributed by atoms with Crippen molar-refractivity contribution in [2.24, 2.45) is 11.3 Å². The summed E-state index contributed by atoms with van der Waals surface area (Å²) in [5.41, 5.74) is 1.25. The molecule has 2 saturated carbocycles. The molecule has 1 unspecified atom stereocenters. The van der Waals surface area contributed by atoms with Crippen molar-refractivity contribution >= 4 is 28.0 Å². The molecule has 1 N–H and O–H groups in total. The molecule has 5 nitrogen and oxygen atoms in total. The molecular weight excluding hydrogens is 320 g/mol. The monoisotopic (exact) mass is 346 g/mol. The Bertz CT molecular complexity index is 708. The standard InChI is InChI=1S/C18H26N4OS/c1-18(5-3-6-18)11-24(23)10-13-8-14(9-13)22(2)17-15-4-7-19-16(15)20-12-21-17/h4,7,12-14H,3,5-6,8-11H2,1-2H3,(H,19,20,21)/t13-,14+,24?. The predicted octanol–water partition coefficient (Wildman–Crippen LogP) is 3.11. The average molecular weight is 347 g/mol. The minimum absolute atomic E-state index is 0.367. The molecule has 2 fully saturated rings. The number of H-pyrrole nitrogens is 1. The number of hydrogen-bond donors (Lipinski definition) is 1. The molecule has 130 valence electrons. The zero-order valence-corrected chi connectivity index (χ0v) is 15.3. The molecule has 2 aliphatic rings. The molecule has 0 amide bonds. The minimum Gasteiger partial charge on any atom is -0.616 e. The highest BCUT2D eigenvalue weighted by Gasteiger charge is 2.40. The van der Waals surface area contributed by atoms with E-state index in [-0.39, 0.29) is 0 Å². The third-order valence-corrected chi connectivity index (χ3v) is 7.78. The van der Waals surface area contributed by atoms with E-state index in [0.29, 0.717) is 17.4 Å². The number of aromatic amines is 1. The van der Waals surface area contributed by atoms with Crippen molar-refractivity contribution in [2.45, 2.75) is 45.1 Å². The van der Waals surface area contributed by atoms with Crippen LogP contribution in [0.1, 0.15) is 39.0 Å². The van der Waals surface area contributed by atoms with Crippen LogP contribution in [-0.2, 0) is 11.2 Å². The van der Waals surface area contributed by atoms with Crippen LogP contribution in [0.15, 0.2) is 18.6 Å². The molecule has 4 rings (SSSR count). The van der Waals surface area contributed by atoms with Gasteiger partial charge in [0.15, 0.2) is 0 Å². The van der Waals surface area contributed by atoms with Crippen molar-refractivity contribution in [1.82, 2.24) is 15.0 Å². The molecule has 0 bridgehead atoms. The first-order chi connectivity index (χ1) is 11.5. The van der Waals surface area contributed by atoms with Crippen molar-refractivity contribution in [3.8, 4) is 0 Å². The van der Waals surface area contributed by atoms with E-state index in [1.807, 2.05) is 12.3 Å². The summed E-state index contributed by atoms with van der Waals surface area (Å²) >= 11 is -0.654. The first kappa shape index (κ1) is 16.2. The van der Waals surface area contributed by atoms with Crippen LogP contribution in [0.25, 0.3) is 11.0 Å². The number of rotatable bonds is 6. The SMILES string of the molecule is CN(c1ncnc2[nH]ccc12)[C@H]1C[C@@H](C[S+]([O-])CC2(C)CCC2)C1. The Hall–Kier alpha value is -1.27. The maximum atomic E-state index is 12.4. The van der Waals surface area contributed by atoms with Crippen LogP contribution in [0.3, 0.4) is 0 Å². The quantitative estimate of drug-likeness (QED) is 0.816. The van der Waals surface area contributed by atoms with Gasteiger partial charge in [-0.05, 0) is 31.7 Å². The maximum absolute atomic E-state index is 12.4. The fourth-order valence-corrected chi connectivity index (χ4v) is 6.08. The van der Waals surface area contributed by atoms with E-state index in [0.717, 1.165) is 41.2 Å². The van der Waals surface area contributed by atoms with Gasteiger partial charge in [-0.1, -0.05) is 24.5 Å². The normalized spacial score (nSPS) is 26.6. The van der Waals surface area contributed by atoms with Crippen LogP contribution < -0.4 is 4.90 Å². The molecule has 0 spiro atoms. The fraction of sp³-hybridized carbons (Fsp3) is 0.667. The molecule has 1 atom stereocenters. The summed E-state index contributed by atoms with van der Waals surface area (Å²) in [6, 6.07) is 2.53. The lowest BCUT2D eigenvalue weighted by Gasteiger charge is -2.43. The number of hydrogen-bond acceptors (Lipinski definition) is 4. The van der Waals surface area contributed by atoms with Gasteiger partial charge in [-0.2, -0.15) is 0 Å². The van der Waals surface area contributed by atoms with Crippen LogP contribution in [0.5, 0.6) is 0 Å². The molecule has 0 radical (unpaired) electrons. The second kappa shape index (κ2) is 6.23. The molecule has 2 aliphatic carbocycles. The molecule has 0 aromatic carbocycles. The van der Waals surface area contributed by atoms with Crippen LogP contribution in [-0.4, -0.2) is 44.1 Å². The molecular formula is C18H26N4OS. The summed E-state index contributed by atoms with van der Waals surface area (Å²) < 4.78 is 12.4. The third kappa shape index (κ3) is 3.02. The van der Waals surface area contributed by atoms with Gasteiger partial charge in [0.05, 0.1) is 5.39 Å². The molecule has 2 aromatic rings. The smallest absolute Gasteiger partial charge is 0.142 e. The first-order valence-corrected chi connectivity index (χ1v) is 10.4. The zero-order chi connectivity index (χ0) is 16.7. The summed E-state index contributed by atoms with van der Waals surface area (Å²) in [5.74, 6) is 3.38. The maximum Gasteiger partial charge on any atom is 0.142 e. The highest BCUT2D eigenvalue weighted by molar-refractivity contribution is 7.91. The van der Waals surface area contributed by atoms with E-state index >= 15 is 0 Å². The number of anilines is 1. The summed E-state index contributed by atoms with van der Waals surface area (Å²) in [5, 5.41) is 1.07. The Morgan fingerprint density at radius 1 is 1.38 bits per heavy atom. The Kier molecular flexibility index (Phi) is 4.21. The summed E-state index contributed by atoms with van der Waals surface area (Å²) in [7, 11) is 2.11. The largest absolute Gasteiger partial charge is 0.616 e. The number of nitrogens with zero attached hydrogens (tertiary/aromatic N) is 3. The molecule has 2 heterocycles. The Labute approximate surface area is 146 Å². The van der Waals surface area contributed by atoms with Crippen molar-refractivity contribution in [3.63, 3.8) is 0 Å². The van der Waals surface area contributed by atoms with Gasteiger partial charge in [-0.15, -0.1) is 0 Å². The highest BCUT2D eigenvalue weighted by atomic mass is 32.2. The Morgan fingerprint density at radius 2 is 2.17 bits per heavy atom. The molecule has 6 heteroatoms. The second-order valence-electron chi connectivity index (χ2n) is 7.95. The van der Waals surface area contributed by atoms with Gasteiger partial charge in [-0.3, -0.25) is 0 Å². The number of aromatic nitrogens is 3. The molecule has 2 aromatic heterocycles. The topological polar surface area (TPSA) is 67.9 Å². The van der Waals surface area contributed by atoms with E-state index < -0.39 is 11.2 Å². The van der Waals surface area contributed by atoms with Gasteiger partial charge >= 0.3 is 0 Å². The second-order valence-corrected chi connectivity index (χ2v) is 9.46. The van der Waals surface area contributed by atoms with Crippen LogP contribution in [0, 0.1) is 11.3 Å². The van der Waals surface area contributed by atoms with Crippen molar-refractivity contribution in [1.29, 1.82) is 0 Å². The lowest BCUT2D eigenvalue weighted by Crippen LogP contribution is -2.46. The summed E-state index contributed by atoms with van der Waals surface area (Å²) in [6.45, 7) is 2.29. The highest BCUT2D eigenvalue weighted by Crippen LogP contribution is 2.42. The minimum atomic E-state index is -0.654. The average Bonchev–Trinajstić information content (AvgIpc) is 2.96. The van der Waals surface area contributed by atoms with E-state index in [1.54, 1.807) is 6.33 Å². The Balaban J connectivity index is 1.31. The van der Waals surface area contributed by atoms with Crippen molar-refractivity contribution in [3.05, 3.63) is 18.6 Å². The van der Waals surface area contributed by atoms with Crippen molar-refractivity contribution in [2.75, 3.05) is 23.5 Å². The molecule has 0 aliphatic heterocycles. The van der Waals surface area contributed by atoms with Crippen molar-refractivity contribution < 1.29 is 4.55 Å². The number of nitrogens with one attached hydrogen (secondary N) is 1. The van der Waals surface area contributed by atoms with Crippen LogP contribution in [0.2, 0.25) is 0 Å². The van der Waals surface area contributed by atoms with Gasteiger partial charge in [0.1, 0.15) is 29.3 Å². The zero-order valence-electron chi connectivity index (χ0n) is 14.5. The number of fused-ring (bicyclic) bond motifs is 1. The lowest BCUT2D eigenvalue weighted by molar-refractivity contribution is 0.193. The lowest BCUT2D eigenvalue weighted by atomic mass is 9.72.